The van der Waals surface area contributed by atoms with Crippen molar-refractivity contribution in [3.05, 3.63) is 34.9 Å². The minimum absolute atomic E-state index is 0.181. The minimum atomic E-state index is -0.517. The lowest BCUT2D eigenvalue weighted by Crippen LogP contribution is -2.35. The Morgan fingerprint density at radius 2 is 1.87 bits per heavy atom. The van der Waals surface area contributed by atoms with Crippen LogP contribution in [0.4, 0.5) is 0 Å². The van der Waals surface area contributed by atoms with E-state index in [9.17, 15) is 15.3 Å². The Balaban J connectivity index is 1.70. The number of fused-ring (bicyclic) bond motifs is 1. The molecule has 0 saturated heterocycles. The minimum Gasteiger partial charge on any atom is -0.393 e. The molecule has 0 aromatic carbocycles. The second-order valence-electron chi connectivity index (χ2n) is 11.0. The Hall–Kier alpha value is -0.900. The number of hydrogen-bond donors (Lipinski definition) is 3. The maximum Gasteiger partial charge on any atom is 0.0777 e. The van der Waals surface area contributed by atoms with Gasteiger partial charge in [-0.15, -0.1) is 0 Å². The van der Waals surface area contributed by atoms with E-state index in [1.54, 1.807) is 0 Å². The molecule has 30 heavy (non-hydrogen) atoms. The van der Waals surface area contributed by atoms with E-state index in [1.807, 2.05) is 6.92 Å². The van der Waals surface area contributed by atoms with Crippen molar-refractivity contribution in [2.45, 2.75) is 104 Å². The third-order valence-electron chi connectivity index (χ3n) is 8.68. The maximum absolute atomic E-state index is 10.3. The van der Waals surface area contributed by atoms with Gasteiger partial charge < -0.3 is 15.3 Å². The normalized spacial score (nSPS) is 36.9. The fourth-order valence-electron chi connectivity index (χ4n) is 6.49. The molecule has 3 aliphatic carbocycles. The highest BCUT2D eigenvalue weighted by molar-refractivity contribution is 5.37. The molecule has 0 aromatic heterocycles. The molecule has 0 spiro atoms. The lowest BCUT2D eigenvalue weighted by atomic mass is 9.62. The van der Waals surface area contributed by atoms with Gasteiger partial charge in [-0.1, -0.05) is 45.9 Å². The van der Waals surface area contributed by atoms with Crippen LogP contribution in [0.1, 0.15) is 86.0 Å². The monoisotopic (exact) mass is 416 g/mol. The first-order valence-electron chi connectivity index (χ1n) is 12.3. The van der Waals surface area contributed by atoms with Crippen molar-refractivity contribution in [3.8, 4) is 0 Å². The molecule has 0 aliphatic heterocycles. The molecular weight excluding hydrogens is 372 g/mol. The van der Waals surface area contributed by atoms with Crippen molar-refractivity contribution in [2.75, 3.05) is 0 Å². The molecule has 0 amide bonds. The average Bonchev–Trinajstić information content (AvgIpc) is 3.04. The summed E-state index contributed by atoms with van der Waals surface area (Å²) in [6.07, 6.45) is 13.8. The second kappa shape index (κ2) is 9.71. The highest BCUT2D eigenvalue weighted by atomic mass is 16.3. The second-order valence-corrected chi connectivity index (χ2v) is 11.0. The van der Waals surface area contributed by atoms with Crippen LogP contribution in [0.25, 0.3) is 0 Å². The molecule has 3 nitrogen and oxygen atoms in total. The zero-order chi connectivity index (χ0) is 22.1. The van der Waals surface area contributed by atoms with Gasteiger partial charge in [-0.2, -0.15) is 0 Å². The molecule has 0 aromatic rings. The number of allylic oxidation sites excluding steroid dienone is 4. The standard InChI is InChI=1S/C27H44O3/c1-17(2)25(29)13-8-18(3)23-11-12-24-20(7-6-14-27(23,24)5)9-10-21-15-22(28)16-26(30)19(21)4/h7,9-10,17-18,22-26,28-30H,6,8,11-16H2,1-5H3/b10-9+/t18-,22-,23-,24+,25-,26+,27-/m1/s1. The van der Waals surface area contributed by atoms with Crippen molar-refractivity contribution in [2.24, 2.45) is 29.1 Å². The van der Waals surface area contributed by atoms with Gasteiger partial charge in [0.25, 0.3) is 0 Å². The van der Waals surface area contributed by atoms with Crippen LogP contribution in [0.2, 0.25) is 0 Å². The first-order valence-corrected chi connectivity index (χ1v) is 12.3. The average molecular weight is 417 g/mol. The van der Waals surface area contributed by atoms with Gasteiger partial charge in [-0.3, -0.25) is 0 Å². The van der Waals surface area contributed by atoms with Crippen molar-refractivity contribution >= 4 is 0 Å². The lowest BCUT2D eigenvalue weighted by Gasteiger charge is -2.43. The molecule has 1 saturated carbocycles. The van der Waals surface area contributed by atoms with E-state index in [1.165, 1.54) is 24.8 Å². The van der Waals surface area contributed by atoms with E-state index in [-0.39, 0.29) is 6.10 Å². The van der Waals surface area contributed by atoms with Gasteiger partial charge in [0, 0.05) is 6.42 Å². The summed E-state index contributed by atoms with van der Waals surface area (Å²) < 4.78 is 0. The summed E-state index contributed by atoms with van der Waals surface area (Å²) in [4.78, 5) is 0. The van der Waals surface area contributed by atoms with Crippen LogP contribution in [0, 0.1) is 29.1 Å². The summed E-state index contributed by atoms with van der Waals surface area (Å²) in [6.45, 7) is 11.1. The number of aliphatic hydroxyl groups is 3. The molecule has 3 N–H and O–H groups in total. The van der Waals surface area contributed by atoms with Crippen LogP contribution < -0.4 is 0 Å². The van der Waals surface area contributed by atoms with E-state index in [4.69, 9.17) is 0 Å². The molecule has 0 unspecified atom stereocenters. The predicted octanol–water partition coefficient (Wildman–Crippen LogP) is 5.56. The zero-order valence-electron chi connectivity index (χ0n) is 19.8. The summed E-state index contributed by atoms with van der Waals surface area (Å²) in [5.74, 6) is 2.31. The molecule has 3 aliphatic rings. The van der Waals surface area contributed by atoms with Crippen molar-refractivity contribution in [3.63, 3.8) is 0 Å². The van der Waals surface area contributed by atoms with Gasteiger partial charge in [0.15, 0.2) is 0 Å². The van der Waals surface area contributed by atoms with Crippen molar-refractivity contribution in [1.29, 1.82) is 0 Å². The fraction of sp³-hybridized carbons (Fsp3) is 0.778. The number of aliphatic hydroxyl groups excluding tert-OH is 3. The SMILES string of the molecule is CC1=C(/C=C/C2=CCC[C@]3(C)[C@@H]([C@H](C)CC[C@@H](O)C(C)C)CC[C@@H]23)C[C@@H](O)C[C@@H]1O. The molecule has 170 valence electrons. The third kappa shape index (κ3) is 4.95. The molecule has 1 fully saturated rings. The van der Waals surface area contributed by atoms with Gasteiger partial charge in [0.05, 0.1) is 18.3 Å². The van der Waals surface area contributed by atoms with Gasteiger partial charge >= 0.3 is 0 Å². The largest absolute Gasteiger partial charge is 0.393 e. The molecule has 7 atom stereocenters. The topological polar surface area (TPSA) is 60.7 Å². The summed E-state index contributed by atoms with van der Waals surface area (Å²) in [6, 6.07) is 0. The predicted molar refractivity (Wildman–Crippen MR) is 124 cm³/mol. The molecule has 3 rings (SSSR count). The van der Waals surface area contributed by atoms with Crippen molar-refractivity contribution < 1.29 is 15.3 Å². The zero-order valence-corrected chi connectivity index (χ0v) is 19.8. The van der Waals surface area contributed by atoms with Crippen LogP contribution in [0.15, 0.2) is 34.9 Å². The first-order chi connectivity index (χ1) is 14.1. The van der Waals surface area contributed by atoms with E-state index in [0.29, 0.717) is 36.0 Å². The van der Waals surface area contributed by atoms with Crippen LogP contribution in [0.3, 0.4) is 0 Å². The Bertz CT molecular complexity index is 688. The maximum atomic E-state index is 10.3. The van der Waals surface area contributed by atoms with Crippen LogP contribution >= 0.6 is 0 Å². The highest BCUT2D eigenvalue weighted by Crippen LogP contribution is 2.58. The van der Waals surface area contributed by atoms with Gasteiger partial charge in [-0.25, -0.2) is 0 Å². The van der Waals surface area contributed by atoms with E-state index >= 15 is 0 Å². The molecule has 0 heterocycles. The summed E-state index contributed by atoms with van der Waals surface area (Å²) >= 11 is 0. The van der Waals surface area contributed by atoms with E-state index in [0.717, 1.165) is 36.3 Å². The van der Waals surface area contributed by atoms with E-state index < -0.39 is 12.2 Å². The fourth-order valence-corrected chi connectivity index (χ4v) is 6.49. The summed E-state index contributed by atoms with van der Waals surface area (Å²) in [7, 11) is 0. The summed E-state index contributed by atoms with van der Waals surface area (Å²) in [5.41, 5.74) is 3.90. The van der Waals surface area contributed by atoms with Crippen LogP contribution in [0.5, 0.6) is 0 Å². The van der Waals surface area contributed by atoms with Crippen molar-refractivity contribution in [1.82, 2.24) is 0 Å². The molecule has 0 radical (unpaired) electrons. The molecule has 0 bridgehead atoms. The molecular formula is C27H44O3. The molecule has 3 heteroatoms. The Morgan fingerprint density at radius 3 is 2.57 bits per heavy atom. The third-order valence-corrected chi connectivity index (χ3v) is 8.68. The smallest absolute Gasteiger partial charge is 0.0777 e. The van der Waals surface area contributed by atoms with Gasteiger partial charge in [-0.05, 0) is 97.7 Å². The lowest BCUT2D eigenvalue weighted by molar-refractivity contribution is 0.0786. The van der Waals surface area contributed by atoms with Crippen LogP contribution in [-0.2, 0) is 0 Å². The quantitative estimate of drug-likeness (QED) is 0.509. The highest BCUT2D eigenvalue weighted by Gasteiger charge is 2.49. The Labute approximate surface area is 184 Å². The van der Waals surface area contributed by atoms with E-state index in [2.05, 4.69) is 45.9 Å². The van der Waals surface area contributed by atoms with Gasteiger partial charge in [0.2, 0.25) is 0 Å². The first kappa shape index (κ1) is 23.8. The van der Waals surface area contributed by atoms with Gasteiger partial charge in [0.1, 0.15) is 0 Å². The summed E-state index contributed by atoms with van der Waals surface area (Å²) in [5, 5.41) is 30.5. The Morgan fingerprint density at radius 1 is 1.13 bits per heavy atom. The Kier molecular flexibility index (Phi) is 7.69. The number of hydrogen-bond acceptors (Lipinski definition) is 3. The number of rotatable bonds is 7. The van der Waals surface area contributed by atoms with Crippen LogP contribution in [-0.4, -0.2) is 33.6 Å².